The number of carbonyl (C=O) groups excluding carboxylic acids is 2. The maximum Gasteiger partial charge on any atom is 0.326 e. The van der Waals surface area contributed by atoms with Crippen molar-refractivity contribution in [2.45, 2.75) is 19.9 Å². The van der Waals surface area contributed by atoms with Crippen molar-refractivity contribution in [2.75, 3.05) is 11.5 Å². The molecule has 0 heterocycles. The van der Waals surface area contributed by atoms with Crippen molar-refractivity contribution in [3.8, 4) is 0 Å². The lowest BCUT2D eigenvalue weighted by Gasteiger charge is -2.17. The summed E-state index contributed by atoms with van der Waals surface area (Å²) in [6.45, 7) is 3.44. The van der Waals surface area contributed by atoms with E-state index in [4.69, 9.17) is 16.7 Å². The van der Waals surface area contributed by atoms with Crippen LogP contribution in [0.3, 0.4) is 0 Å². The highest BCUT2D eigenvalue weighted by molar-refractivity contribution is 8.00. The molecule has 0 aromatic heterocycles. The number of nitrogens with one attached hydrogen (secondary N) is 1. The van der Waals surface area contributed by atoms with E-state index in [9.17, 15) is 14.4 Å². The van der Waals surface area contributed by atoms with E-state index in [1.165, 1.54) is 0 Å². The lowest BCUT2D eigenvalue weighted by molar-refractivity contribution is -0.142. The molecule has 1 atom stereocenters. The zero-order valence-electron chi connectivity index (χ0n) is 12.3. The smallest absolute Gasteiger partial charge is 0.326 e. The first-order valence-corrected chi connectivity index (χ1v) is 8.23. The van der Waals surface area contributed by atoms with Crippen LogP contribution in [-0.4, -0.2) is 40.3 Å². The molecule has 0 bridgehead atoms. The number of halogens is 1. The summed E-state index contributed by atoms with van der Waals surface area (Å²) in [4.78, 5) is 34.6. The first-order valence-electron chi connectivity index (χ1n) is 6.70. The topological polar surface area (TPSA) is 83.5 Å². The van der Waals surface area contributed by atoms with Gasteiger partial charge in [0, 0.05) is 10.6 Å². The standard InChI is InChI=1S/C15H18ClNO4S/c1-9(2)14(15(20)21)17-13(19)8-22-7-12(18)10-3-5-11(16)6-4-10/h3-6,9,14H,7-8H2,1-2H3,(H,17,19)(H,20,21)/t14-/m1/s1. The van der Waals surface area contributed by atoms with Crippen LogP contribution in [0.15, 0.2) is 24.3 Å². The number of benzene rings is 1. The Bertz CT molecular complexity index is 545. The van der Waals surface area contributed by atoms with Crippen LogP contribution in [-0.2, 0) is 9.59 Å². The average molecular weight is 344 g/mol. The van der Waals surface area contributed by atoms with Crippen LogP contribution in [0.1, 0.15) is 24.2 Å². The van der Waals surface area contributed by atoms with Crippen LogP contribution < -0.4 is 5.32 Å². The van der Waals surface area contributed by atoms with Gasteiger partial charge in [-0.2, -0.15) is 0 Å². The molecule has 0 fully saturated rings. The Kier molecular flexibility index (Phi) is 7.41. The Morgan fingerprint density at radius 3 is 2.27 bits per heavy atom. The predicted octanol–water partition coefficient (Wildman–Crippen LogP) is 2.48. The lowest BCUT2D eigenvalue weighted by atomic mass is 10.1. The number of amides is 1. The molecule has 1 aromatic rings. The number of carbonyl (C=O) groups is 3. The second-order valence-electron chi connectivity index (χ2n) is 5.05. The minimum atomic E-state index is -1.06. The van der Waals surface area contributed by atoms with Gasteiger partial charge in [-0.05, 0) is 30.2 Å². The fourth-order valence-electron chi connectivity index (χ4n) is 1.68. The van der Waals surface area contributed by atoms with Crippen molar-refractivity contribution in [1.29, 1.82) is 0 Å². The van der Waals surface area contributed by atoms with Crippen molar-refractivity contribution in [1.82, 2.24) is 5.32 Å². The van der Waals surface area contributed by atoms with Gasteiger partial charge in [-0.1, -0.05) is 25.4 Å². The first-order chi connectivity index (χ1) is 10.3. The van der Waals surface area contributed by atoms with E-state index in [1.807, 2.05) is 0 Å². The number of rotatable bonds is 8. The van der Waals surface area contributed by atoms with Crippen molar-refractivity contribution in [3.63, 3.8) is 0 Å². The number of carboxylic acids is 1. The molecular weight excluding hydrogens is 326 g/mol. The molecule has 0 aliphatic rings. The largest absolute Gasteiger partial charge is 0.480 e. The van der Waals surface area contributed by atoms with Gasteiger partial charge in [0.05, 0.1) is 11.5 Å². The SMILES string of the molecule is CC(C)[C@@H](NC(=O)CSCC(=O)c1ccc(Cl)cc1)C(=O)O. The molecule has 120 valence electrons. The molecule has 0 radical (unpaired) electrons. The Balaban J connectivity index is 2.40. The summed E-state index contributed by atoms with van der Waals surface area (Å²) in [5, 5.41) is 12.0. The number of Topliss-reactive ketones (excluding diaryl/α,β-unsaturated/α-hetero) is 1. The van der Waals surface area contributed by atoms with Crippen LogP contribution in [0.25, 0.3) is 0 Å². The van der Waals surface area contributed by atoms with Crippen molar-refractivity contribution in [2.24, 2.45) is 5.92 Å². The van der Waals surface area contributed by atoms with Crippen LogP contribution in [0.5, 0.6) is 0 Å². The number of ketones is 1. The number of carboxylic acid groups (broad SMARTS) is 1. The molecule has 1 rings (SSSR count). The number of hydrogen-bond acceptors (Lipinski definition) is 4. The monoisotopic (exact) mass is 343 g/mol. The fourth-order valence-corrected chi connectivity index (χ4v) is 2.53. The second kappa shape index (κ2) is 8.80. The average Bonchev–Trinajstić information content (AvgIpc) is 2.44. The molecule has 7 heteroatoms. The van der Waals surface area contributed by atoms with E-state index in [-0.39, 0.29) is 23.2 Å². The van der Waals surface area contributed by atoms with E-state index >= 15 is 0 Å². The molecule has 0 saturated heterocycles. The van der Waals surface area contributed by atoms with Gasteiger partial charge < -0.3 is 10.4 Å². The van der Waals surface area contributed by atoms with Gasteiger partial charge in [0.15, 0.2) is 5.78 Å². The molecule has 0 unspecified atom stereocenters. The third-order valence-electron chi connectivity index (χ3n) is 2.88. The highest BCUT2D eigenvalue weighted by atomic mass is 35.5. The molecule has 1 amide bonds. The van der Waals surface area contributed by atoms with E-state index in [1.54, 1.807) is 38.1 Å². The quantitative estimate of drug-likeness (QED) is 0.708. The zero-order chi connectivity index (χ0) is 16.7. The zero-order valence-corrected chi connectivity index (χ0v) is 13.9. The third kappa shape index (κ3) is 6.07. The second-order valence-corrected chi connectivity index (χ2v) is 6.47. The van der Waals surface area contributed by atoms with E-state index in [0.29, 0.717) is 10.6 Å². The van der Waals surface area contributed by atoms with E-state index in [2.05, 4.69) is 5.32 Å². The van der Waals surface area contributed by atoms with Gasteiger partial charge in [-0.15, -0.1) is 11.8 Å². The van der Waals surface area contributed by atoms with Gasteiger partial charge >= 0.3 is 5.97 Å². The summed E-state index contributed by atoms with van der Waals surface area (Å²) < 4.78 is 0. The molecule has 1 aromatic carbocycles. The van der Waals surface area contributed by atoms with Crippen LogP contribution in [0.4, 0.5) is 0 Å². The molecular formula is C15H18ClNO4S. The maximum atomic E-state index is 11.9. The molecule has 0 aliphatic carbocycles. The summed E-state index contributed by atoms with van der Waals surface area (Å²) in [7, 11) is 0. The summed E-state index contributed by atoms with van der Waals surface area (Å²) in [6, 6.07) is 5.60. The molecule has 0 spiro atoms. The number of hydrogen-bond donors (Lipinski definition) is 2. The van der Waals surface area contributed by atoms with Crippen molar-refractivity contribution in [3.05, 3.63) is 34.9 Å². The Labute approximate surface area is 138 Å². The van der Waals surface area contributed by atoms with Crippen LogP contribution in [0, 0.1) is 5.92 Å². The Morgan fingerprint density at radius 2 is 1.77 bits per heavy atom. The highest BCUT2D eigenvalue weighted by Gasteiger charge is 2.23. The van der Waals surface area contributed by atoms with Gasteiger partial charge in [0.2, 0.25) is 5.91 Å². The number of thioether (sulfide) groups is 1. The van der Waals surface area contributed by atoms with Gasteiger partial charge in [-0.25, -0.2) is 4.79 Å². The molecule has 2 N–H and O–H groups in total. The Morgan fingerprint density at radius 1 is 1.18 bits per heavy atom. The van der Waals surface area contributed by atoms with E-state index in [0.717, 1.165) is 11.8 Å². The third-order valence-corrected chi connectivity index (χ3v) is 4.07. The minimum Gasteiger partial charge on any atom is -0.480 e. The summed E-state index contributed by atoms with van der Waals surface area (Å²) in [5.74, 6) is -1.58. The fraction of sp³-hybridized carbons (Fsp3) is 0.400. The van der Waals surface area contributed by atoms with Gasteiger partial charge in [0.25, 0.3) is 0 Å². The molecule has 5 nitrogen and oxygen atoms in total. The summed E-state index contributed by atoms with van der Waals surface area (Å²) >= 11 is 6.89. The van der Waals surface area contributed by atoms with Gasteiger partial charge in [-0.3, -0.25) is 9.59 Å². The summed E-state index contributed by atoms with van der Waals surface area (Å²) in [6.07, 6.45) is 0. The normalized spacial score (nSPS) is 12.0. The van der Waals surface area contributed by atoms with Crippen molar-refractivity contribution >= 4 is 41.0 Å². The van der Waals surface area contributed by atoms with Crippen molar-refractivity contribution < 1.29 is 19.5 Å². The predicted molar refractivity (Wildman–Crippen MR) is 87.5 cm³/mol. The molecule has 0 aliphatic heterocycles. The van der Waals surface area contributed by atoms with Crippen LogP contribution >= 0.6 is 23.4 Å². The van der Waals surface area contributed by atoms with E-state index < -0.39 is 17.9 Å². The lowest BCUT2D eigenvalue weighted by Crippen LogP contribution is -2.45. The highest BCUT2D eigenvalue weighted by Crippen LogP contribution is 2.12. The molecule has 22 heavy (non-hydrogen) atoms. The maximum absolute atomic E-state index is 11.9. The molecule has 0 saturated carbocycles. The Hall–Kier alpha value is -1.53. The van der Waals surface area contributed by atoms with Crippen LogP contribution in [0.2, 0.25) is 5.02 Å². The minimum absolute atomic E-state index is 0.0375. The first kappa shape index (κ1) is 18.5. The summed E-state index contributed by atoms with van der Waals surface area (Å²) in [5.41, 5.74) is 0.530. The van der Waals surface area contributed by atoms with Gasteiger partial charge in [0.1, 0.15) is 6.04 Å². The number of aliphatic carboxylic acids is 1.